The first-order valence-corrected chi connectivity index (χ1v) is 8.19. The molecule has 0 aromatic heterocycles. The first-order valence-electron chi connectivity index (χ1n) is 8.19. The molecule has 7 nitrogen and oxygen atoms in total. The zero-order chi connectivity index (χ0) is 19.4. The molecule has 0 aliphatic carbocycles. The zero-order valence-electron chi connectivity index (χ0n) is 14.4. The van der Waals surface area contributed by atoms with Crippen LogP contribution in [-0.2, 0) is 9.53 Å². The highest BCUT2D eigenvalue weighted by Crippen LogP contribution is 2.19. The number of nitro groups is 1. The number of esters is 1. The highest BCUT2D eigenvalue weighted by atomic mass is 16.6. The van der Waals surface area contributed by atoms with Gasteiger partial charge < -0.3 is 10.1 Å². The molecule has 0 bridgehead atoms. The van der Waals surface area contributed by atoms with E-state index < -0.39 is 22.9 Å². The van der Waals surface area contributed by atoms with Gasteiger partial charge in [-0.2, -0.15) is 0 Å². The largest absolute Gasteiger partial charge is 0.449 e. The van der Waals surface area contributed by atoms with Crippen LogP contribution in [0.5, 0.6) is 0 Å². The average molecular weight is 364 g/mol. The van der Waals surface area contributed by atoms with Gasteiger partial charge in [0.05, 0.1) is 10.5 Å². The molecule has 0 spiro atoms. The molecule has 0 aliphatic rings. The molecule has 0 aliphatic heterocycles. The number of nitro benzene ring substituents is 1. The number of hydrogen-bond acceptors (Lipinski definition) is 5. The maximum Gasteiger partial charge on any atom is 0.338 e. The molecule has 27 heavy (non-hydrogen) atoms. The van der Waals surface area contributed by atoms with Crippen molar-refractivity contribution in [3.8, 4) is 0 Å². The van der Waals surface area contributed by atoms with Gasteiger partial charge in [0.25, 0.3) is 11.6 Å². The lowest BCUT2D eigenvalue weighted by Gasteiger charge is -2.14. The van der Waals surface area contributed by atoms with Crippen molar-refractivity contribution in [2.24, 2.45) is 0 Å². The Labute approximate surface area is 154 Å². The van der Waals surface area contributed by atoms with Gasteiger partial charge in [0.1, 0.15) is 0 Å². The zero-order valence-corrected chi connectivity index (χ0v) is 14.4. The molecule has 1 amide bonds. The smallest absolute Gasteiger partial charge is 0.338 e. The minimum atomic E-state index is -1.03. The van der Waals surface area contributed by atoms with Crippen molar-refractivity contribution in [2.45, 2.75) is 13.0 Å². The second-order valence-corrected chi connectivity index (χ2v) is 5.90. The molecule has 136 valence electrons. The van der Waals surface area contributed by atoms with Crippen LogP contribution < -0.4 is 5.32 Å². The van der Waals surface area contributed by atoms with Crippen molar-refractivity contribution in [3.05, 3.63) is 82.4 Å². The molecule has 0 unspecified atom stereocenters. The van der Waals surface area contributed by atoms with Crippen LogP contribution >= 0.6 is 0 Å². The van der Waals surface area contributed by atoms with Crippen LogP contribution in [0.1, 0.15) is 17.3 Å². The number of benzene rings is 3. The Hall–Kier alpha value is -3.74. The molecule has 0 saturated carbocycles. The van der Waals surface area contributed by atoms with Gasteiger partial charge in [0.2, 0.25) is 0 Å². The standard InChI is InChI=1S/C20H16N2O5/c1-13(27-20(24)15-7-10-18(11-8-15)22(25)26)19(23)21-17-9-6-14-4-2-3-5-16(14)12-17/h2-13H,1H3,(H,21,23)/t13-/m1/s1. The van der Waals surface area contributed by atoms with Gasteiger partial charge in [-0.1, -0.05) is 30.3 Å². The van der Waals surface area contributed by atoms with E-state index in [9.17, 15) is 19.7 Å². The summed E-state index contributed by atoms with van der Waals surface area (Å²) in [5.74, 6) is -1.20. The van der Waals surface area contributed by atoms with E-state index in [1.54, 1.807) is 6.07 Å². The summed E-state index contributed by atoms with van der Waals surface area (Å²) in [6.07, 6.45) is -1.03. The van der Waals surface area contributed by atoms with Gasteiger partial charge in [-0.3, -0.25) is 14.9 Å². The molecule has 0 fully saturated rings. The number of nitrogens with zero attached hydrogens (tertiary/aromatic N) is 1. The molecule has 1 N–H and O–H groups in total. The van der Waals surface area contributed by atoms with Crippen LogP contribution in [0.4, 0.5) is 11.4 Å². The van der Waals surface area contributed by atoms with Gasteiger partial charge in [-0.15, -0.1) is 0 Å². The van der Waals surface area contributed by atoms with Crippen LogP contribution in [0, 0.1) is 10.1 Å². The number of rotatable bonds is 5. The Kier molecular flexibility index (Phi) is 5.12. The first kappa shape index (κ1) is 18.1. The number of amides is 1. The summed E-state index contributed by atoms with van der Waals surface area (Å²) in [6, 6.07) is 18.2. The first-order chi connectivity index (χ1) is 12.9. The molecular weight excluding hydrogens is 348 g/mol. The molecule has 1 atom stereocenters. The van der Waals surface area contributed by atoms with Gasteiger partial charge in [0.15, 0.2) is 6.10 Å². The summed E-state index contributed by atoms with van der Waals surface area (Å²) < 4.78 is 5.14. The molecule has 0 heterocycles. The molecule has 3 aromatic rings. The Bertz CT molecular complexity index is 1010. The minimum absolute atomic E-state index is 0.131. The maximum absolute atomic E-state index is 12.3. The lowest BCUT2D eigenvalue weighted by atomic mass is 10.1. The van der Waals surface area contributed by atoms with Gasteiger partial charge in [-0.05, 0) is 42.0 Å². The molecule has 7 heteroatoms. The van der Waals surface area contributed by atoms with Crippen LogP contribution in [0.15, 0.2) is 66.7 Å². The third kappa shape index (κ3) is 4.27. The number of non-ortho nitro benzene ring substituents is 1. The fourth-order valence-electron chi connectivity index (χ4n) is 2.51. The van der Waals surface area contributed by atoms with E-state index in [0.717, 1.165) is 10.8 Å². The fraction of sp³-hybridized carbons (Fsp3) is 0.100. The maximum atomic E-state index is 12.3. The van der Waals surface area contributed by atoms with Crippen LogP contribution in [0.3, 0.4) is 0 Å². The highest BCUT2D eigenvalue weighted by molar-refractivity contribution is 5.99. The number of nitrogens with one attached hydrogen (secondary N) is 1. The minimum Gasteiger partial charge on any atom is -0.449 e. The van der Waals surface area contributed by atoms with Crippen molar-refractivity contribution in [3.63, 3.8) is 0 Å². The fourth-order valence-corrected chi connectivity index (χ4v) is 2.51. The number of carbonyl (C=O) groups excluding carboxylic acids is 2. The monoisotopic (exact) mass is 364 g/mol. The summed E-state index contributed by atoms with van der Waals surface area (Å²) in [7, 11) is 0. The quantitative estimate of drug-likeness (QED) is 0.420. The lowest BCUT2D eigenvalue weighted by molar-refractivity contribution is -0.384. The van der Waals surface area contributed by atoms with Crippen molar-refractivity contribution < 1.29 is 19.2 Å². The Morgan fingerprint density at radius 1 is 1.00 bits per heavy atom. The number of anilines is 1. The Morgan fingerprint density at radius 2 is 1.67 bits per heavy atom. The van der Waals surface area contributed by atoms with Gasteiger partial charge in [-0.25, -0.2) is 4.79 Å². The van der Waals surface area contributed by atoms with E-state index in [4.69, 9.17) is 4.74 Å². The third-order valence-corrected chi connectivity index (χ3v) is 3.98. The van der Waals surface area contributed by atoms with E-state index in [-0.39, 0.29) is 11.3 Å². The molecule has 0 radical (unpaired) electrons. The molecule has 3 aromatic carbocycles. The van der Waals surface area contributed by atoms with Crippen molar-refractivity contribution in [2.75, 3.05) is 5.32 Å². The third-order valence-electron chi connectivity index (χ3n) is 3.98. The molecular formula is C20H16N2O5. The predicted molar refractivity (Wildman–Crippen MR) is 101 cm³/mol. The SMILES string of the molecule is C[C@@H](OC(=O)c1ccc([N+](=O)[O-])cc1)C(=O)Nc1ccc2ccccc2c1. The molecule has 0 saturated heterocycles. The van der Waals surface area contributed by atoms with E-state index in [1.165, 1.54) is 31.2 Å². The second-order valence-electron chi connectivity index (χ2n) is 5.90. The normalized spacial score (nSPS) is 11.6. The Morgan fingerprint density at radius 3 is 2.33 bits per heavy atom. The van der Waals surface area contributed by atoms with Crippen LogP contribution in [0.2, 0.25) is 0 Å². The van der Waals surface area contributed by atoms with Gasteiger partial charge in [0, 0.05) is 17.8 Å². The number of carbonyl (C=O) groups is 2. The second kappa shape index (κ2) is 7.65. The van der Waals surface area contributed by atoms with Crippen molar-refractivity contribution in [1.29, 1.82) is 0 Å². The van der Waals surface area contributed by atoms with E-state index >= 15 is 0 Å². The van der Waals surface area contributed by atoms with Crippen molar-refractivity contribution >= 4 is 34.0 Å². The predicted octanol–water partition coefficient (Wildman–Crippen LogP) is 3.93. The van der Waals surface area contributed by atoms with Crippen LogP contribution in [0.25, 0.3) is 10.8 Å². The summed E-state index contributed by atoms with van der Waals surface area (Å²) in [5, 5.41) is 15.4. The number of fused-ring (bicyclic) bond motifs is 1. The summed E-state index contributed by atoms with van der Waals surface area (Å²) >= 11 is 0. The van der Waals surface area contributed by atoms with E-state index in [0.29, 0.717) is 5.69 Å². The summed E-state index contributed by atoms with van der Waals surface area (Å²) in [5.41, 5.74) is 0.594. The van der Waals surface area contributed by atoms with E-state index in [1.807, 2.05) is 36.4 Å². The topological polar surface area (TPSA) is 98.5 Å². The average Bonchev–Trinajstić information content (AvgIpc) is 2.67. The number of hydrogen-bond donors (Lipinski definition) is 1. The molecule has 3 rings (SSSR count). The van der Waals surface area contributed by atoms with Crippen LogP contribution in [-0.4, -0.2) is 22.9 Å². The van der Waals surface area contributed by atoms with E-state index in [2.05, 4.69) is 5.32 Å². The lowest BCUT2D eigenvalue weighted by Crippen LogP contribution is -2.30. The Balaban J connectivity index is 1.63. The number of ether oxygens (including phenoxy) is 1. The highest BCUT2D eigenvalue weighted by Gasteiger charge is 2.19. The van der Waals surface area contributed by atoms with Gasteiger partial charge >= 0.3 is 5.97 Å². The summed E-state index contributed by atoms with van der Waals surface area (Å²) in [4.78, 5) is 34.5. The van der Waals surface area contributed by atoms with Crippen molar-refractivity contribution in [1.82, 2.24) is 0 Å². The summed E-state index contributed by atoms with van der Waals surface area (Å²) in [6.45, 7) is 1.46.